The molecule has 8 heteroatoms. The predicted octanol–water partition coefficient (Wildman–Crippen LogP) is 0.340. The van der Waals surface area contributed by atoms with Crippen LogP contribution in [0.5, 0.6) is 0 Å². The number of hydrogen-bond acceptors (Lipinski definition) is 6. The van der Waals surface area contributed by atoms with Crippen molar-refractivity contribution in [3.05, 3.63) is 29.8 Å². The fourth-order valence-corrected chi connectivity index (χ4v) is 7.59. The molecule has 0 saturated carbocycles. The fourth-order valence-electron chi connectivity index (χ4n) is 2.87. The molecule has 1 aromatic carbocycles. The van der Waals surface area contributed by atoms with Gasteiger partial charge in [-0.15, -0.1) is 0 Å². The van der Waals surface area contributed by atoms with E-state index in [2.05, 4.69) is 5.32 Å². The van der Waals surface area contributed by atoms with Crippen LogP contribution in [0.4, 0.5) is 0 Å². The van der Waals surface area contributed by atoms with E-state index in [1.54, 1.807) is 24.3 Å². The van der Waals surface area contributed by atoms with Crippen LogP contribution >= 0.6 is 0 Å². The van der Waals surface area contributed by atoms with E-state index < -0.39 is 31.0 Å². The minimum Gasteiger partial charge on any atom is -0.310 e. The minimum absolute atomic E-state index is 0.128. The van der Waals surface area contributed by atoms with E-state index in [-0.39, 0.29) is 16.4 Å². The van der Waals surface area contributed by atoms with Crippen molar-refractivity contribution >= 4 is 19.7 Å². The first-order valence-electron chi connectivity index (χ1n) is 8.07. The molecule has 0 aromatic heterocycles. The van der Waals surface area contributed by atoms with Crippen molar-refractivity contribution in [1.82, 2.24) is 10.2 Å². The van der Waals surface area contributed by atoms with E-state index in [0.717, 1.165) is 12.0 Å². The SMILES string of the molecule is CCc1ccc(S(=O)(=O)[C@H]2CS(=O)(=O)C[C@@H]2NCCN(C)C)cc1. The molecule has 2 atom stereocenters. The Morgan fingerprint density at radius 1 is 1.17 bits per heavy atom. The molecule has 24 heavy (non-hydrogen) atoms. The lowest BCUT2D eigenvalue weighted by atomic mass is 10.2. The maximum absolute atomic E-state index is 12.9. The van der Waals surface area contributed by atoms with Gasteiger partial charge in [-0.1, -0.05) is 19.1 Å². The number of nitrogens with one attached hydrogen (secondary N) is 1. The molecule has 1 N–H and O–H groups in total. The number of benzene rings is 1. The van der Waals surface area contributed by atoms with Crippen LogP contribution in [0.15, 0.2) is 29.2 Å². The van der Waals surface area contributed by atoms with Crippen LogP contribution in [0.1, 0.15) is 12.5 Å². The second-order valence-corrected chi connectivity index (χ2v) is 10.8. The Bertz CT molecular complexity index is 756. The molecule has 1 heterocycles. The summed E-state index contributed by atoms with van der Waals surface area (Å²) in [6.07, 6.45) is 0.826. The molecule has 6 nitrogen and oxygen atoms in total. The Balaban J connectivity index is 2.24. The third-order valence-corrected chi connectivity index (χ3v) is 8.49. The van der Waals surface area contributed by atoms with E-state index >= 15 is 0 Å². The zero-order valence-corrected chi connectivity index (χ0v) is 16.0. The van der Waals surface area contributed by atoms with Gasteiger partial charge in [0.25, 0.3) is 0 Å². The topological polar surface area (TPSA) is 83.5 Å². The third-order valence-electron chi connectivity index (χ3n) is 4.32. The lowest BCUT2D eigenvalue weighted by Gasteiger charge is -2.21. The van der Waals surface area contributed by atoms with Crippen LogP contribution in [0.2, 0.25) is 0 Å². The van der Waals surface area contributed by atoms with E-state index in [4.69, 9.17) is 0 Å². The zero-order valence-electron chi connectivity index (χ0n) is 14.4. The number of likely N-dealkylation sites (N-methyl/N-ethyl adjacent to an activating group) is 1. The molecular weight excluding hydrogens is 348 g/mol. The molecule has 2 rings (SSSR count). The number of rotatable bonds is 7. The highest BCUT2D eigenvalue weighted by molar-refractivity contribution is 7.96. The average Bonchev–Trinajstić information content (AvgIpc) is 2.82. The summed E-state index contributed by atoms with van der Waals surface area (Å²) in [6.45, 7) is 3.26. The fraction of sp³-hybridized carbons (Fsp3) is 0.625. The van der Waals surface area contributed by atoms with Crippen LogP contribution in [0, 0.1) is 0 Å². The molecule has 0 bridgehead atoms. The number of nitrogens with zero attached hydrogens (tertiary/aromatic N) is 1. The van der Waals surface area contributed by atoms with Gasteiger partial charge in [0.2, 0.25) is 0 Å². The van der Waals surface area contributed by atoms with Gasteiger partial charge in [0.15, 0.2) is 19.7 Å². The Kier molecular flexibility index (Phi) is 6.06. The molecular formula is C16H26N2O4S2. The van der Waals surface area contributed by atoms with E-state index in [9.17, 15) is 16.8 Å². The lowest BCUT2D eigenvalue weighted by Crippen LogP contribution is -2.45. The van der Waals surface area contributed by atoms with Crippen LogP contribution in [0.3, 0.4) is 0 Å². The minimum atomic E-state index is -3.69. The quantitative estimate of drug-likeness (QED) is 0.741. The molecule has 1 aromatic rings. The van der Waals surface area contributed by atoms with Crippen LogP contribution < -0.4 is 5.32 Å². The maximum Gasteiger partial charge on any atom is 0.183 e. The smallest absolute Gasteiger partial charge is 0.183 e. The van der Waals surface area contributed by atoms with Crippen molar-refractivity contribution in [2.75, 3.05) is 38.7 Å². The molecule has 0 amide bonds. The largest absolute Gasteiger partial charge is 0.310 e. The molecule has 0 aliphatic carbocycles. The van der Waals surface area contributed by atoms with Crippen molar-refractivity contribution in [3.8, 4) is 0 Å². The first kappa shape index (κ1) is 19.4. The van der Waals surface area contributed by atoms with Crippen molar-refractivity contribution < 1.29 is 16.8 Å². The Morgan fingerprint density at radius 3 is 2.33 bits per heavy atom. The zero-order chi connectivity index (χ0) is 18.0. The molecule has 136 valence electrons. The van der Waals surface area contributed by atoms with Gasteiger partial charge in [-0.2, -0.15) is 0 Å². The molecule has 0 spiro atoms. The Labute approximate surface area is 145 Å². The van der Waals surface area contributed by atoms with Crippen molar-refractivity contribution in [2.24, 2.45) is 0 Å². The summed E-state index contributed by atoms with van der Waals surface area (Å²) in [6, 6.07) is 6.16. The molecule has 1 aliphatic rings. The Hall–Kier alpha value is -0.960. The summed E-state index contributed by atoms with van der Waals surface area (Å²) in [5.41, 5.74) is 1.05. The van der Waals surface area contributed by atoms with Gasteiger partial charge < -0.3 is 10.2 Å². The second kappa shape index (κ2) is 7.51. The van der Waals surface area contributed by atoms with Crippen LogP contribution in [0.25, 0.3) is 0 Å². The summed E-state index contributed by atoms with van der Waals surface area (Å²) >= 11 is 0. The first-order valence-corrected chi connectivity index (χ1v) is 11.4. The van der Waals surface area contributed by atoms with E-state index in [0.29, 0.717) is 13.1 Å². The summed E-state index contributed by atoms with van der Waals surface area (Å²) < 4.78 is 49.9. The first-order chi connectivity index (χ1) is 11.2. The highest BCUT2D eigenvalue weighted by Gasteiger charge is 2.45. The van der Waals surface area contributed by atoms with Crippen LogP contribution in [-0.4, -0.2) is 71.7 Å². The summed E-state index contributed by atoms with van der Waals surface area (Å²) in [5, 5.41) is 2.18. The monoisotopic (exact) mass is 374 g/mol. The molecule has 1 aliphatic heterocycles. The summed E-state index contributed by atoms with van der Waals surface area (Å²) in [5.74, 6) is -0.443. The summed E-state index contributed by atoms with van der Waals surface area (Å²) in [4.78, 5) is 2.16. The molecule has 1 fully saturated rings. The number of hydrogen-bond donors (Lipinski definition) is 1. The second-order valence-electron chi connectivity index (χ2n) is 6.52. The normalized spacial score (nSPS) is 23.7. The molecule has 0 unspecified atom stereocenters. The van der Waals surface area contributed by atoms with Gasteiger partial charge >= 0.3 is 0 Å². The Morgan fingerprint density at radius 2 is 1.79 bits per heavy atom. The van der Waals surface area contributed by atoms with Gasteiger partial charge in [-0.05, 0) is 38.2 Å². The van der Waals surface area contributed by atoms with Gasteiger partial charge in [0, 0.05) is 19.1 Å². The summed E-state index contributed by atoms with van der Waals surface area (Å²) in [7, 11) is -3.22. The molecule has 0 radical (unpaired) electrons. The standard InChI is InChI=1S/C16H26N2O4S2/c1-4-13-5-7-14(8-6-13)24(21,22)16-12-23(19,20)11-15(16)17-9-10-18(2)3/h5-8,15-17H,4,9-12H2,1-3H3/t15-,16-/m0/s1. The lowest BCUT2D eigenvalue weighted by molar-refractivity contribution is 0.388. The highest BCUT2D eigenvalue weighted by Crippen LogP contribution is 2.26. The maximum atomic E-state index is 12.9. The van der Waals surface area contributed by atoms with Crippen LogP contribution in [-0.2, 0) is 26.1 Å². The average molecular weight is 375 g/mol. The van der Waals surface area contributed by atoms with Crippen molar-refractivity contribution in [1.29, 1.82) is 0 Å². The van der Waals surface area contributed by atoms with Gasteiger partial charge in [-0.3, -0.25) is 0 Å². The van der Waals surface area contributed by atoms with Crippen molar-refractivity contribution in [3.63, 3.8) is 0 Å². The predicted molar refractivity (Wildman–Crippen MR) is 95.8 cm³/mol. The van der Waals surface area contributed by atoms with Crippen molar-refractivity contribution in [2.45, 2.75) is 29.5 Å². The van der Waals surface area contributed by atoms with Gasteiger partial charge in [0.05, 0.1) is 21.7 Å². The van der Waals surface area contributed by atoms with Gasteiger partial charge in [-0.25, -0.2) is 16.8 Å². The number of sulfone groups is 2. The third kappa shape index (κ3) is 4.56. The highest BCUT2D eigenvalue weighted by atomic mass is 32.2. The number of aryl methyl sites for hydroxylation is 1. The van der Waals surface area contributed by atoms with Gasteiger partial charge in [0.1, 0.15) is 0 Å². The van der Waals surface area contributed by atoms with E-state index in [1.165, 1.54) is 0 Å². The van der Waals surface area contributed by atoms with E-state index in [1.807, 2.05) is 25.9 Å². The molecule has 1 saturated heterocycles.